The second-order valence-corrected chi connectivity index (χ2v) is 6.55. The number of hydrogen-bond acceptors (Lipinski definition) is 3. The van der Waals surface area contributed by atoms with Crippen LogP contribution in [0.25, 0.3) is 10.9 Å². The van der Waals surface area contributed by atoms with Crippen LogP contribution in [0, 0.1) is 6.92 Å². The minimum absolute atomic E-state index is 0.606. The molecule has 1 heterocycles. The largest absolute Gasteiger partial charge is 0.388 e. The van der Waals surface area contributed by atoms with Gasteiger partial charge < -0.3 is 15.0 Å². The molecule has 20 heavy (non-hydrogen) atoms. The molecule has 4 heteroatoms. The predicted octanol–water partition coefficient (Wildman–Crippen LogP) is 2.69. The van der Waals surface area contributed by atoms with Gasteiger partial charge in [-0.05, 0) is 31.7 Å². The van der Waals surface area contributed by atoms with E-state index >= 15 is 0 Å². The Morgan fingerprint density at radius 2 is 2.05 bits per heavy atom. The SMILES string of the molecule is CSCC(C)(O)CNCc1c(C)c2ccccc2n1C. The molecule has 1 unspecified atom stereocenters. The van der Waals surface area contributed by atoms with E-state index < -0.39 is 5.60 Å². The number of nitrogens with zero attached hydrogens (tertiary/aromatic N) is 1. The third-order valence-corrected chi connectivity index (χ3v) is 4.67. The molecule has 0 saturated carbocycles. The average molecular weight is 292 g/mol. The lowest BCUT2D eigenvalue weighted by Crippen LogP contribution is -2.40. The lowest BCUT2D eigenvalue weighted by atomic mass is 10.1. The maximum atomic E-state index is 10.2. The van der Waals surface area contributed by atoms with Crippen LogP contribution in [0.15, 0.2) is 24.3 Å². The van der Waals surface area contributed by atoms with Crippen LogP contribution in [0.1, 0.15) is 18.2 Å². The van der Waals surface area contributed by atoms with Crippen LogP contribution < -0.4 is 5.32 Å². The molecule has 0 amide bonds. The van der Waals surface area contributed by atoms with E-state index in [0.717, 1.165) is 12.3 Å². The van der Waals surface area contributed by atoms with Crippen LogP contribution in [0.4, 0.5) is 0 Å². The number of aromatic nitrogens is 1. The third-order valence-electron chi connectivity index (χ3n) is 3.76. The maximum absolute atomic E-state index is 10.2. The number of hydrogen-bond donors (Lipinski definition) is 2. The molecular weight excluding hydrogens is 268 g/mol. The zero-order valence-electron chi connectivity index (χ0n) is 12.7. The highest BCUT2D eigenvalue weighted by Gasteiger charge is 2.19. The number of thioether (sulfide) groups is 1. The van der Waals surface area contributed by atoms with Crippen LogP contribution in [0.2, 0.25) is 0 Å². The Balaban J connectivity index is 2.11. The first-order valence-corrected chi connectivity index (χ1v) is 8.30. The van der Waals surface area contributed by atoms with Gasteiger partial charge in [0.1, 0.15) is 0 Å². The molecule has 110 valence electrons. The van der Waals surface area contributed by atoms with E-state index in [4.69, 9.17) is 0 Å². The Bertz CT molecular complexity index is 550. The standard InChI is InChI=1S/C16H24N2OS/c1-12-13-7-5-6-8-14(13)18(3)15(12)9-17-10-16(2,19)11-20-4/h5-8,17,19H,9-11H2,1-4H3. The molecule has 0 aliphatic rings. The van der Waals surface area contributed by atoms with E-state index in [9.17, 15) is 5.11 Å². The van der Waals surface area contributed by atoms with Crippen LogP contribution in [-0.2, 0) is 13.6 Å². The van der Waals surface area contributed by atoms with Crippen molar-refractivity contribution in [2.75, 3.05) is 18.6 Å². The highest BCUT2D eigenvalue weighted by Crippen LogP contribution is 2.24. The quantitative estimate of drug-likeness (QED) is 0.859. The maximum Gasteiger partial charge on any atom is 0.0833 e. The lowest BCUT2D eigenvalue weighted by molar-refractivity contribution is 0.0844. The third kappa shape index (κ3) is 3.19. The highest BCUT2D eigenvalue weighted by molar-refractivity contribution is 7.98. The smallest absolute Gasteiger partial charge is 0.0833 e. The monoisotopic (exact) mass is 292 g/mol. The van der Waals surface area contributed by atoms with Gasteiger partial charge in [0.2, 0.25) is 0 Å². The Morgan fingerprint density at radius 1 is 1.35 bits per heavy atom. The van der Waals surface area contributed by atoms with Crippen molar-refractivity contribution in [1.29, 1.82) is 0 Å². The summed E-state index contributed by atoms with van der Waals surface area (Å²) in [6.07, 6.45) is 2.02. The highest BCUT2D eigenvalue weighted by atomic mass is 32.2. The summed E-state index contributed by atoms with van der Waals surface area (Å²) in [6, 6.07) is 8.46. The molecule has 1 atom stereocenters. The van der Waals surface area contributed by atoms with E-state index in [0.29, 0.717) is 6.54 Å². The molecule has 1 aromatic heterocycles. The molecule has 0 spiro atoms. The normalized spacial score (nSPS) is 14.7. The Labute approximate surface area is 125 Å². The average Bonchev–Trinajstić information content (AvgIpc) is 2.64. The minimum Gasteiger partial charge on any atom is -0.388 e. The van der Waals surface area contributed by atoms with Crippen molar-refractivity contribution >= 4 is 22.7 Å². The van der Waals surface area contributed by atoms with Gasteiger partial charge in [-0.3, -0.25) is 0 Å². The van der Waals surface area contributed by atoms with Crippen LogP contribution >= 0.6 is 11.8 Å². The molecule has 2 rings (SSSR count). The molecule has 0 saturated heterocycles. The number of aliphatic hydroxyl groups is 1. The molecule has 0 radical (unpaired) electrons. The summed E-state index contributed by atoms with van der Waals surface area (Å²) in [5, 5.41) is 14.9. The molecule has 2 aromatic rings. The Morgan fingerprint density at radius 3 is 2.70 bits per heavy atom. The molecule has 0 fully saturated rings. The van der Waals surface area contributed by atoms with Crippen LogP contribution in [0.5, 0.6) is 0 Å². The fourth-order valence-electron chi connectivity index (χ4n) is 2.70. The summed E-state index contributed by atoms with van der Waals surface area (Å²) >= 11 is 1.67. The summed E-state index contributed by atoms with van der Waals surface area (Å²) in [4.78, 5) is 0. The first kappa shape index (κ1) is 15.4. The molecule has 0 bridgehead atoms. The van der Waals surface area contributed by atoms with Crippen LogP contribution in [0.3, 0.4) is 0 Å². The lowest BCUT2D eigenvalue weighted by Gasteiger charge is -2.22. The summed E-state index contributed by atoms with van der Waals surface area (Å²) in [6.45, 7) is 5.43. The van der Waals surface area contributed by atoms with E-state index in [1.54, 1.807) is 11.8 Å². The molecule has 0 aliphatic carbocycles. The fraction of sp³-hybridized carbons (Fsp3) is 0.500. The van der Waals surface area contributed by atoms with Gasteiger partial charge in [0.25, 0.3) is 0 Å². The number of rotatable bonds is 6. The zero-order valence-corrected chi connectivity index (χ0v) is 13.5. The molecule has 2 N–H and O–H groups in total. The van der Waals surface area contributed by atoms with Gasteiger partial charge >= 0.3 is 0 Å². The van der Waals surface area contributed by atoms with Gasteiger partial charge in [-0.15, -0.1) is 0 Å². The van der Waals surface area contributed by atoms with Gasteiger partial charge in [0, 0.05) is 42.5 Å². The van der Waals surface area contributed by atoms with E-state index in [2.05, 4.69) is 48.1 Å². The fourth-order valence-corrected chi connectivity index (χ4v) is 3.42. The first-order chi connectivity index (χ1) is 9.46. The molecule has 1 aromatic carbocycles. The number of para-hydroxylation sites is 1. The summed E-state index contributed by atoms with van der Waals surface area (Å²) < 4.78 is 2.24. The van der Waals surface area contributed by atoms with Crippen molar-refractivity contribution in [3.63, 3.8) is 0 Å². The van der Waals surface area contributed by atoms with E-state index in [-0.39, 0.29) is 0 Å². The summed E-state index contributed by atoms with van der Waals surface area (Å²) in [5.74, 6) is 0.744. The predicted molar refractivity (Wildman–Crippen MR) is 88.4 cm³/mol. The van der Waals surface area contributed by atoms with Crippen LogP contribution in [-0.4, -0.2) is 33.8 Å². The van der Waals surface area contributed by atoms with Gasteiger partial charge in [-0.2, -0.15) is 11.8 Å². The van der Waals surface area contributed by atoms with Gasteiger partial charge in [-0.1, -0.05) is 18.2 Å². The number of fused-ring (bicyclic) bond motifs is 1. The first-order valence-electron chi connectivity index (χ1n) is 6.91. The number of nitrogens with one attached hydrogen (secondary N) is 1. The van der Waals surface area contributed by atoms with Crippen molar-refractivity contribution < 1.29 is 5.11 Å². The molecule has 3 nitrogen and oxygen atoms in total. The van der Waals surface area contributed by atoms with Crippen molar-refractivity contribution in [3.05, 3.63) is 35.5 Å². The Kier molecular flexibility index (Phi) is 4.78. The topological polar surface area (TPSA) is 37.2 Å². The van der Waals surface area contributed by atoms with E-state index in [1.165, 1.54) is 22.2 Å². The van der Waals surface area contributed by atoms with Gasteiger partial charge in [0.15, 0.2) is 0 Å². The number of benzene rings is 1. The van der Waals surface area contributed by atoms with Crippen molar-refractivity contribution in [2.45, 2.75) is 26.0 Å². The van der Waals surface area contributed by atoms with Crippen molar-refractivity contribution in [1.82, 2.24) is 9.88 Å². The molecule has 0 aliphatic heterocycles. The van der Waals surface area contributed by atoms with E-state index in [1.807, 2.05) is 13.2 Å². The summed E-state index contributed by atoms with van der Waals surface area (Å²) in [5.41, 5.74) is 3.21. The second kappa shape index (κ2) is 6.20. The summed E-state index contributed by atoms with van der Waals surface area (Å²) in [7, 11) is 2.10. The minimum atomic E-state index is -0.655. The zero-order chi connectivity index (χ0) is 14.8. The van der Waals surface area contributed by atoms with Crippen molar-refractivity contribution in [2.24, 2.45) is 7.05 Å². The molecular formula is C16H24N2OS. The van der Waals surface area contributed by atoms with Gasteiger partial charge in [-0.25, -0.2) is 0 Å². The Hall–Kier alpha value is -0.970. The second-order valence-electron chi connectivity index (χ2n) is 5.68. The van der Waals surface area contributed by atoms with Gasteiger partial charge in [0.05, 0.1) is 5.60 Å². The van der Waals surface area contributed by atoms with Crippen molar-refractivity contribution in [3.8, 4) is 0 Å². The number of aryl methyl sites for hydroxylation is 2.